The van der Waals surface area contributed by atoms with E-state index in [2.05, 4.69) is 10.9 Å². The summed E-state index contributed by atoms with van der Waals surface area (Å²) < 4.78 is 11.8. The van der Waals surface area contributed by atoms with Crippen LogP contribution in [0.3, 0.4) is 0 Å². The van der Waals surface area contributed by atoms with E-state index in [-0.39, 0.29) is 22.8 Å². The molecule has 4 N–H and O–H groups in total. The van der Waals surface area contributed by atoms with Crippen molar-refractivity contribution >= 4 is 22.8 Å². The minimum Gasteiger partial charge on any atom is -0.507 e. The van der Waals surface area contributed by atoms with E-state index < -0.39 is 6.29 Å². The maximum absolute atomic E-state index is 12.7. The van der Waals surface area contributed by atoms with Gasteiger partial charge < -0.3 is 19.7 Å². The lowest BCUT2D eigenvalue weighted by atomic mass is 10.0. The molecule has 0 spiro atoms. The normalized spacial score (nSPS) is 12.8. The summed E-state index contributed by atoms with van der Waals surface area (Å²) in [5.41, 5.74) is 9.35. The molecular weight excluding hydrogens is 458 g/mol. The Morgan fingerprint density at radius 3 is 1.97 bits per heavy atom. The number of para-hydroxylation sites is 2. The Kier molecular flexibility index (Phi) is 6.23. The summed E-state index contributed by atoms with van der Waals surface area (Å²) in [5, 5.41) is 22.7. The summed E-state index contributed by atoms with van der Waals surface area (Å²) in [6.07, 6.45) is -0.184. The molecule has 0 amide bonds. The lowest BCUT2D eigenvalue weighted by Gasteiger charge is -2.22. The van der Waals surface area contributed by atoms with E-state index >= 15 is 0 Å². The molecule has 182 valence electrons. The SMILES string of the molecule is CCC(Oc1ccc(C(=O)c2ccccc2)c(O)c1)Oc1ccc(N2Nc3ccccc3N2)c(O)c1. The molecule has 8 heteroatoms. The minimum absolute atomic E-state index is 0.0107. The highest BCUT2D eigenvalue weighted by molar-refractivity contribution is 6.10. The van der Waals surface area contributed by atoms with Crippen LogP contribution >= 0.6 is 0 Å². The second-order valence-corrected chi connectivity index (χ2v) is 8.20. The van der Waals surface area contributed by atoms with Gasteiger partial charge in [-0.2, -0.15) is 5.12 Å². The van der Waals surface area contributed by atoms with Crippen LogP contribution in [0.1, 0.15) is 29.3 Å². The number of nitrogens with zero attached hydrogens (tertiary/aromatic N) is 1. The number of aromatic hydroxyl groups is 2. The van der Waals surface area contributed by atoms with Crippen molar-refractivity contribution in [3.05, 3.63) is 102 Å². The number of ether oxygens (including phenoxy) is 2. The van der Waals surface area contributed by atoms with E-state index in [1.165, 1.54) is 18.2 Å². The number of hydrogen-bond acceptors (Lipinski definition) is 8. The maximum atomic E-state index is 12.7. The first-order chi connectivity index (χ1) is 17.5. The van der Waals surface area contributed by atoms with Crippen LogP contribution in [0.2, 0.25) is 0 Å². The summed E-state index contributed by atoms with van der Waals surface area (Å²) in [7, 11) is 0. The molecule has 1 aliphatic heterocycles. The van der Waals surface area contributed by atoms with Gasteiger partial charge in [0.05, 0.1) is 16.9 Å². The summed E-state index contributed by atoms with van der Waals surface area (Å²) in [5.74, 6) is 0.331. The molecule has 1 unspecified atom stereocenters. The number of hydrazine groups is 2. The molecule has 5 rings (SSSR count). The number of rotatable bonds is 8. The summed E-state index contributed by atoms with van der Waals surface area (Å²) in [6, 6.07) is 26.0. The number of fused-ring (bicyclic) bond motifs is 1. The van der Waals surface area contributed by atoms with Crippen LogP contribution in [0.5, 0.6) is 23.0 Å². The number of nitrogens with one attached hydrogen (secondary N) is 2. The van der Waals surface area contributed by atoms with Crippen LogP contribution in [0.4, 0.5) is 17.1 Å². The Hall–Kier alpha value is -4.85. The molecule has 1 heterocycles. The molecule has 4 aromatic rings. The van der Waals surface area contributed by atoms with Gasteiger partial charge in [-0.25, -0.2) is 0 Å². The number of phenolic OH excluding ortho intramolecular Hbond substituents is 2. The lowest BCUT2D eigenvalue weighted by molar-refractivity contribution is 0.00309. The Morgan fingerprint density at radius 2 is 1.39 bits per heavy atom. The fourth-order valence-electron chi connectivity index (χ4n) is 3.85. The molecule has 0 saturated heterocycles. The summed E-state index contributed by atoms with van der Waals surface area (Å²) in [6.45, 7) is 1.89. The second-order valence-electron chi connectivity index (χ2n) is 8.20. The quantitative estimate of drug-likeness (QED) is 0.187. The van der Waals surface area contributed by atoms with Crippen molar-refractivity contribution in [1.29, 1.82) is 0 Å². The molecule has 1 aliphatic rings. The first-order valence-corrected chi connectivity index (χ1v) is 11.5. The maximum Gasteiger partial charge on any atom is 0.240 e. The van der Waals surface area contributed by atoms with E-state index in [9.17, 15) is 15.0 Å². The molecule has 0 radical (unpaired) electrons. The van der Waals surface area contributed by atoms with Gasteiger partial charge in [0.25, 0.3) is 0 Å². The molecule has 4 aromatic carbocycles. The summed E-state index contributed by atoms with van der Waals surface area (Å²) >= 11 is 0. The Balaban J connectivity index is 1.25. The molecule has 36 heavy (non-hydrogen) atoms. The predicted molar refractivity (Wildman–Crippen MR) is 138 cm³/mol. The van der Waals surface area contributed by atoms with Gasteiger partial charge in [0, 0.05) is 24.1 Å². The molecule has 0 bridgehead atoms. The van der Waals surface area contributed by atoms with Gasteiger partial charge in [-0.15, -0.1) is 0 Å². The van der Waals surface area contributed by atoms with Gasteiger partial charge in [-0.05, 0) is 36.4 Å². The van der Waals surface area contributed by atoms with Gasteiger partial charge in [-0.3, -0.25) is 15.6 Å². The monoisotopic (exact) mass is 483 g/mol. The molecule has 8 nitrogen and oxygen atoms in total. The third-order valence-corrected chi connectivity index (χ3v) is 5.70. The molecular formula is C28H25N3O5. The molecule has 0 saturated carbocycles. The number of carbonyl (C=O) groups is 1. The van der Waals surface area contributed by atoms with E-state index in [1.807, 2.05) is 37.3 Å². The van der Waals surface area contributed by atoms with Gasteiger partial charge in [0.2, 0.25) is 6.29 Å². The van der Waals surface area contributed by atoms with Gasteiger partial charge in [0.15, 0.2) is 5.78 Å². The predicted octanol–water partition coefficient (Wildman–Crippen LogP) is 5.70. The van der Waals surface area contributed by atoms with Crippen LogP contribution in [-0.2, 0) is 0 Å². The fraction of sp³-hybridized carbons (Fsp3) is 0.107. The van der Waals surface area contributed by atoms with E-state index in [0.29, 0.717) is 29.2 Å². The van der Waals surface area contributed by atoms with Crippen molar-refractivity contribution in [3.8, 4) is 23.0 Å². The highest BCUT2D eigenvalue weighted by Gasteiger charge is 2.21. The molecule has 0 aromatic heterocycles. The lowest BCUT2D eigenvalue weighted by Crippen LogP contribution is -2.29. The van der Waals surface area contributed by atoms with Crippen LogP contribution < -0.4 is 25.4 Å². The third-order valence-electron chi connectivity index (χ3n) is 5.70. The number of carbonyl (C=O) groups excluding carboxylic acids is 1. The zero-order valence-electron chi connectivity index (χ0n) is 19.5. The zero-order valence-corrected chi connectivity index (χ0v) is 19.5. The van der Waals surface area contributed by atoms with Crippen LogP contribution in [-0.4, -0.2) is 22.3 Å². The van der Waals surface area contributed by atoms with Crippen molar-refractivity contribution in [3.63, 3.8) is 0 Å². The topological polar surface area (TPSA) is 103 Å². The number of anilines is 3. The van der Waals surface area contributed by atoms with Crippen molar-refractivity contribution in [2.45, 2.75) is 19.6 Å². The largest absolute Gasteiger partial charge is 0.507 e. The fourth-order valence-corrected chi connectivity index (χ4v) is 3.85. The minimum atomic E-state index is -0.683. The Labute approximate surface area is 208 Å². The van der Waals surface area contributed by atoms with Gasteiger partial charge >= 0.3 is 0 Å². The first kappa shape index (κ1) is 22.9. The van der Waals surface area contributed by atoms with Crippen molar-refractivity contribution < 1.29 is 24.5 Å². The van der Waals surface area contributed by atoms with E-state index in [0.717, 1.165) is 11.4 Å². The first-order valence-electron chi connectivity index (χ1n) is 11.5. The Bertz CT molecular complexity index is 1370. The van der Waals surface area contributed by atoms with Crippen LogP contribution in [0.15, 0.2) is 91.0 Å². The average Bonchev–Trinajstić information content (AvgIpc) is 3.32. The third kappa shape index (κ3) is 4.69. The molecule has 0 fully saturated rings. The van der Waals surface area contributed by atoms with Crippen molar-refractivity contribution in [2.75, 3.05) is 16.0 Å². The van der Waals surface area contributed by atoms with Crippen LogP contribution in [0, 0.1) is 0 Å². The van der Waals surface area contributed by atoms with Gasteiger partial charge in [0.1, 0.15) is 28.7 Å². The Morgan fingerprint density at radius 1 is 0.806 bits per heavy atom. The second kappa shape index (κ2) is 9.79. The smallest absolute Gasteiger partial charge is 0.240 e. The highest BCUT2D eigenvalue weighted by atomic mass is 16.7. The van der Waals surface area contributed by atoms with Crippen LogP contribution in [0.25, 0.3) is 0 Å². The number of ketones is 1. The number of phenols is 2. The molecule has 0 aliphatic carbocycles. The van der Waals surface area contributed by atoms with E-state index in [1.54, 1.807) is 47.6 Å². The highest BCUT2D eigenvalue weighted by Crippen LogP contribution is 2.37. The standard InChI is InChI=1S/C28H25N3O5/c1-2-27(35-19-12-14-21(25(32)16-19)28(34)18-8-4-3-5-9-18)36-20-13-15-24(26(33)17-20)31-29-22-10-6-7-11-23(22)30-31/h3-17,27,29-30,32-33H,2H2,1H3. The summed E-state index contributed by atoms with van der Waals surface area (Å²) in [4.78, 5) is 12.7. The van der Waals surface area contributed by atoms with E-state index in [4.69, 9.17) is 9.47 Å². The van der Waals surface area contributed by atoms with Crippen molar-refractivity contribution in [2.24, 2.45) is 0 Å². The number of hydrogen-bond donors (Lipinski definition) is 4. The average molecular weight is 484 g/mol. The zero-order chi connectivity index (χ0) is 25.1. The van der Waals surface area contributed by atoms with Crippen molar-refractivity contribution in [1.82, 2.24) is 0 Å². The molecule has 1 atom stereocenters. The van der Waals surface area contributed by atoms with Gasteiger partial charge in [-0.1, -0.05) is 49.4 Å². The number of benzene rings is 4.